The summed E-state index contributed by atoms with van der Waals surface area (Å²) in [6.07, 6.45) is -2.04. The molecule has 152 valence electrons. The maximum atomic E-state index is 12.5. The van der Waals surface area contributed by atoms with E-state index in [2.05, 4.69) is 20.0 Å². The van der Waals surface area contributed by atoms with Gasteiger partial charge in [0.25, 0.3) is 15.9 Å². The zero-order valence-electron chi connectivity index (χ0n) is 14.5. The zero-order valence-corrected chi connectivity index (χ0v) is 16.1. The monoisotopic (exact) mass is 442 g/mol. The smallest absolute Gasteiger partial charge is 0.348 e. The molecule has 2 heterocycles. The number of aromatic nitrogens is 2. The van der Waals surface area contributed by atoms with Gasteiger partial charge in [0.2, 0.25) is 0 Å². The summed E-state index contributed by atoms with van der Waals surface area (Å²) in [7, 11) is -3.83. The first-order chi connectivity index (χ1) is 13.6. The van der Waals surface area contributed by atoms with Crippen LogP contribution in [0.1, 0.15) is 21.6 Å². The van der Waals surface area contributed by atoms with E-state index in [0.29, 0.717) is 5.56 Å². The number of carbonyl (C=O) groups is 1. The number of rotatable bonds is 6. The molecule has 3 rings (SSSR count). The number of nitrogens with zero attached hydrogens (tertiary/aromatic N) is 2. The number of benzene rings is 1. The van der Waals surface area contributed by atoms with Gasteiger partial charge in [-0.15, -0.1) is 11.3 Å². The molecule has 0 aliphatic carbocycles. The predicted octanol–water partition coefficient (Wildman–Crippen LogP) is 3.29. The average molecular weight is 442 g/mol. The van der Waals surface area contributed by atoms with Crippen molar-refractivity contribution in [1.29, 1.82) is 0 Å². The average Bonchev–Trinajstić information content (AvgIpc) is 3.18. The third kappa shape index (κ3) is 5.29. The third-order valence-corrected chi connectivity index (χ3v) is 5.82. The van der Waals surface area contributed by atoms with Crippen molar-refractivity contribution in [2.75, 3.05) is 4.72 Å². The van der Waals surface area contributed by atoms with Gasteiger partial charge in [-0.25, -0.2) is 13.4 Å². The summed E-state index contributed by atoms with van der Waals surface area (Å²) in [5.41, 5.74) is -0.438. The standard InChI is InChI=1S/C17H13F3N4O3S2/c18-17(19,20)14-6-1-11(9-22-14)10-23-15(25)12-2-4-13(5-3-12)29(26,27)24-16-21-7-8-28-16/h1-9H,10H2,(H,21,24)(H,23,25). The fourth-order valence-electron chi connectivity index (χ4n) is 2.21. The highest BCUT2D eigenvalue weighted by Gasteiger charge is 2.32. The Bertz CT molecular complexity index is 1080. The van der Waals surface area contributed by atoms with E-state index in [9.17, 15) is 26.4 Å². The van der Waals surface area contributed by atoms with Crippen LogP contribution in [-0.4, -0.2) is 24.3 Å². The number of alkyl halides is 3. The minimum absolute atomic E-state index is 0.0321. The van der Waals surface area contributed by atoms with Gasteiger partial charge < -0.3 is 5.32 Å². The minimum Gasteiger partial charge on any atom is -0.348 e. The molecule has 1 aromatic carbocycles. The Kier molecular flexibility index (Phi) is 5.84. The van der Waals surface area contributed by atoms with Gasteiger partial charge in [0.1, 0.15) is 5.69 Å². The maximum Gasteiger partial charge on any atom is 0.433 e. The largest absolute Gasteiger partial charge is 0.433 e. The van der Waals surface area contributed by atoms with Crippen LogP contribution in [0.25, 0.3) is 0 Å². The fourth-order valence-corrected chi connectivity index (χ4v) is 4.00. The molecule has 29 heavy (non-hydrogen) atoms. The molecule has 0 radical (unpaired) electrons. The fraction of sp³-hybridized carbons (Fsp3) is 0.118. The normalized spacial score (nSPS) is 11.8. The van der Waals surface area contributed by atoms with Crippen LogP contribution in [0.15, 0.2) is 59.1 Å². The highest BCUT2D eigenvalue weighted by molar-refractivity contribution is 7.93. The van der Waals surface area contributed by atoms with Gasteiger partial charge in [-0.2, -0.15) is 13.2 Å². The van der Waals surface area contributed by atoms with Gasteiger partial charge >= 0.3 is 6.18 Å². The van der Waals surface area contributed by atoms with Crippen LogP contribution < -0.4 is 10.0 Å². The lowest BCUT2D eigenvalue weighted by atomic mass is 10.2. The van der Waals surface area contributed by atoms with Crippen molar-refractivity contribution < 1.29 is 26.4 Å². The van der Waals surface area contributed by atoms with Crippen LogP contribution in [0.2, 0.25) is 0 Å². The molecule has 1 amide bonds. The molecular weight excluding hydrogens is 429 g/mol. The van der Waals surface area contributed by atoms with Crippen LogP contribution in [0.4, 0.5) is 18.3 Å². The first kappa shape index (κ1) is 20.7. The lowest BCUT2D eigenvalue weighted by Gasteiger charge is -2.09. The number of amides is 1. The molecule has 0 unspecified atom stereocenters. The number of sulfonamides is 1. The first-order valence-electron chi connectivity index (χ1n) is 7.98. The molecule has 0 fully saturated rings. The van der Waals surface area contributed by atoms with Crippen molar-refractivity contribution in [2.24, 2.45) is 0 Å². The van der Waals surface area contributed by atoms with Gasteiger partial charge in [0.15, 0.2) is 5.13 Å². The second-order valence-corrected chi connectivity index (χ2v) is 8.28. The van der Waals surface area contributed by atoms with Gasteiger partial charge in [0, 0.05) is 29.9 Å². The number of carbonyl (C=O) groups excluding carboxylic acids is 1. The maximum absolute atomic E-state index is 12.5. The molecule has 0 aliphatic heterocycles. The van der Waals surface area contributed by atoms with Gasteiger partial charge in [-0.1, -0.05) is 6.07 Å². The molecule has 12 heteroatoms. The molecule has 0 saturated heterocycles. The van der Waals surface area contributed by atoms with E-state index in [-0.39, 0.29) is 22.1 Å². The summed E-state index contributed by atoms with van der Waals surface area (Å²) in [4.78, 5) is 19.3. The summed E-state index contributed by atoms with van der Waals surface area (Å²) in [5, 5.41) is 4.38. The summed E-state index contributed by atoms with van der Waals surface area (Å²) in [6.45, 7) is -0.0321. The third-order valence-electron chi connectivity index (χ3n) is 3.65. The van der Waals surface area contributed by atoms with Crippen molar-refractivity contribution in [1.82, 2.24) is 15.3 Å². The van der Waals surface area contributed by atoms with Gasteiger partial charge in [-0.05, 0) is 35.9 Å². The molecule has 0 bridgehead atoms. The highest BCUT2D eigenvalue weighted by atomic mass is 32.2. The van der Waals surface area contributed by atoms with E-state index in [1.54, 1.807) is 5.38 Å². The Morgan fingerprint density at radius 2 is 1.79 bits per heavy atom. The van der Waals surface area contributed by atoms with E-state index < -0.39 is 27.8 Å². The number of halogens is 3. The molecule has 7 nitrogen and oxygen atoms in total. The van der Waals surface area contributed by atoms with E-state index in [1.165, 1.54) is 36.5 Å². The zero-order chi connectivity index (χ0) is 21.1. The predicted molar refractivity (Wildman–Crippen MR) is 99.8 cm³/mol. The minimum atomic E-state index is -4.53. The summed E-state index contributed by atoms with van der Waals surface area (Å²) < 4.78 is 64.3. The van der Waals surface area contributed by atoms with Crippen LogP contribution in [0, 0.1) is 0 Å². The van der Waals surface area contributed by atoms with E-state index >= 15 is 0 Å². The Balaban J connectivity index is 1.62. The molecule has 2 N–H and O–H groups in total. The van der Waals surface area contributed by atoms with E-state index in [1.807, 2.05) is 0 Å². The number of thiazole rings is 1. The molecule has 0 atom stereocenters. The summed E-state index contributed by atoms with van der Waals surface area (Å²) in [6, 6.07) is 7.25. The molecule has 0 saturated carbocycles. The van der Waals surface area contributed by atoms with Crippen molar-refractivity contribution in [3.8, 4) is 0 Å². The summed E-state index contributed by atoms with van der Waals surface area (Å²) >= 11 is 1.13. The second kappa shape index (κ2) is 8.17. The lowest BCUT2D eigenvalue weighted by molar-refractivity contribution is -0.141. The quantitative estimate of drug-likeness (QED) is 0.610. The number of hydrogen-bond acceptors (Lipinski definition) is 6. The molecule has 0 aliphatic rings. The SMILES string of the molecule is O=C(NCc1ccc(C(F)(F)F)nc1)c1ccc(S(=O)(=O)Nc2nccs2)cc1. The molecule has 3 aromatic rings. The van der Waals surface area contributed by atoms with Crippen molar-refractivity contribution in [3.05, 3.63) is 71.0 Å². The highest BCUT2D eigenvalue weighted by Crippen LogP contribution is 2.27. The first-order valence-corrected chi connectivity index (χ1v) is 10.3. The van der Waals surface area contributed by atoms with Crippen molar-refractivity contribution >= 4 is 32.4 Å². The second-order valence-electron chi connectivity index (χ2n) is 5.70. The van der Waals surface area contributed by atoms with Crippen molar-refractivity contribution in [3.63, 3.8) is 0 Å². The summed E-state index contributed by atoms with van der Waals surface area (Å²) in [5.74, 6) is -0.512. The molecular formula is C17H13F3N4O3S2. The number of nitrogens with one attached hydrogen (secondary N) is 2. The number of anilines is 1. The Morgan fingerprint density at radius 1 is 1.07 bits per heavy atom. The Hall–Kier alpha value is -2.99. The van der Waals surface area contributed by atoms with Crippen LogP contribution in [0.3, 0.4) is 0 Å². The van der Waals surface area contributed by atoms with Gasteiger partial charge in [0.05, 0.1) is 4.90 Å². The van der Waals surface area contributed by atoms with Crippen LogP contribution >= 0.6 is 11.3 Å². The van der Waals surface area contributed by atoms with Crippen LogP contribution in [-0.2, 0) is 22.7 Å². The molecule has 0 spiro atoms. The van der Waals surface area contributed by atoms with E-state index in [4.69, 9.17) is 0 Å². The van der Waals surface area contributed by atoms with Crippen molar-refractivity contribution in [2.45, 2.75) is 17.6 Å². The van der Waals surface area contributed by atoms with Gasteiger partial charge in [-0.3, -0.25) is 14.5 Å². The van der Waals surface area contributed by atoms with Crippen LogP contribution in [0.5, 0.6) is 0 Å². The topological polar surface area (TPSA) is 101 Å². The van der Waals surface area contributed by atoms with E-state index in [0.717, 1.165) is 23.6 Å². The number of hydrogen-bond donors (Lipinski definition) is 2. The Morgan fingerprint density at radius 3 is 2.34 bits per heavy atom. The Labute approximate surface area is 167 Å². The molecule has 2 aromatic heterocycles. The lowest BCUT2D eigenvalue weighted by Crippen LogP contribution is -2.23. The number of pyridine rings is 1.